The van der Waals surface area contributed by atoms with Gasteiger partial charge in [0.05, 0.1) is 11.0 Å². The maximum absolute atomic E-state index is 6.26. The van der Waals surface area contributed by atoms with Crippen LogP contribution in [0.4, 0.5) is 0 Å². The fourth-order valence-corrected chi connectivity index (χ4v) is 9.59. The van der Waals surface area contributed by atoms with Crippen LogP contribution < -0.4 is 0 Å². The molecule has 12 rings (SSSR count). The average molecular weight is 747 g/mol. The molecule has 0 bridgehead atoms. The lowest BCUT2D eigenvalue weighted by molar-refractivity contribution is 0.669. The van der Waals surface area contributed by atoms with E-state index in [0.29, 0.717) is 17.5 Å². The summed E-state index contributed by atoms with van der Waals surface area (Å²) in [6.45, 7) is 0. The van der Waals surface area contributed by atoms with Crippen molar-refractivity contribution in [3.05, 3.63) is 182 Å². The van der Waals surface area contributed by atoms with E-state index in [-0.39, 0.29) is 0 Å². The van der Waals surface area contributed by atoms with Crippen LogP contribution in [0.3, 0.4) is 0 Å². The van der Waals surface area contributed by atoms with Gasteiger partial charge in [0.25, 0.3) is 0 Å². The molecule has 4 aromatic heterocycles. The van der Waals surface area contributed by atoms with Gasteiger partial charge in [0.1, 0.15) is 11.2 Å². The summed E-state index contributed by atoms with van der Waals surface area (Å²) in [5.41, 5.74) is 10.4. The summed E-state index contributed by atoms with van der Waals surface area (Å²) >= 11 is 1.83. The highest BCUT2D eigenvalue weighted by atomic mass is 32.1. The van der Waals surface area contributed by atoms with Crippen molar-refractivity contribution in [2.75, 3.05) is 0 Å². The summed E-state index contributed by atoms with van der Waals surface area (Å²) in [6.07, 6.45) is 0. The lowest BCUT2D eigenvalue weighted by atomic mass is 10.0. The molecule has 6 heteroatoms. The van der Waals surface area contributed by atoms with E-state index in [2.05, 4.69) is 132 Å². The molecule has 0 saturated carbocycles. The number of rotatable bonds is 5. The Morgan fingerprint density at radius 3 is 1.84 bits per heavy atom. The molecular weight excluding hydrogens is 717 g/mol. The molecule has 0 unspecified atom stereocenters. The Labute approximate surface area is 330 Å². The van der Waals surface area contributed by atoms with Gasteiger partial charge in [-0.25, -0.2) is 15.0 Å². The molecule has 0 fully saturated rings. The zero-order chi connectivity index (χ0) is 37.5. The molecule has 0 aliphatic rings. The topological polar surface area (TPSA) is 56.7 Å². The molecule has 266 valence electrons. The fraction of sp³-hybridized carbons (Fsp3) is 0. The maximum atomic E-state index is 6.26. The SMILES string of the molecule is c1ccc(-c2nc(-c3ccc4c(c3)oc3ccccc34)nc(-c3ccc4sc5c(-c6ccc7c8ccccc8n(-c8ccccc8)c7c6)cccc5c4c3)n2)cc1. The molecule has 4 heterocycles. The predicted octanol–water partition coefficient (Wildman–Crippen LogP) is 13.9. The van der Waals surface area contributed by atoms with Crippen molar-refractivity contribution in [2.24, 2.45) is 0 Å². The van der Waals surface area contributed by atoms with Crippen molar-refractivity contribution in [3.63, 3.8) is 0 Å². The van der Waals surface area contributed by atoms with Crippen molar-refractivity contribution in [3.8, 4) is 51.0 Å². The second-order valence-electron chi connectivity index (χ2n) is 14.4. The number of nitrogens with zero attached hydrogens (tertiary/aromatic N) is 4. The predicted molar refractivity (Wildman–Crippen MR) is 236 cm³/mol. The molecule has 0 radical (unpaired) electrons. The summed E-state index contributed by atoms with van der Waals surface area (Å²) in [4.78, 5) is 15.2. The third-order valence-electron chi connectivity index (χ3n) is 11.1. The number of thiophene rings is 1. The number of hydrogen-bond donors (Lipinski definition) is 0. The molecule has 0 aliphatic heterocycles. The Hall–Kier alpha value is -7.41. The zero-order valence-electron chi connectivity index (χ0n) is 30.4. The third-order valence-corrected chi connectivity index (χ3v) is 12.3. The molecule has 0 amide bonds. The van der Waals surface area contributed by atoms with E-state index in [1.165, 1.54) is 53.1 Å². The number of furan rings is 1. The normalized spacial score (nSPS) is 11.9. The number of benzene rings is 8. The highest BCUT2D eigenvalue weighted by Gasteiger charge is 2.18. The van der Waals surface area contributed by atoms with Crippen LogP contribution in [0.5, 0.6) is 0 Å². The molecule has 0 spiro atoms. The van der Waals surface area contributed by atoms with Gasteiger partial charge in [-0.15, -0.1) is 11.3 Å². The molecule has 8 aromatic carbocycles. The molecule has 0 N–H and O–H groups in total. The summed E-state index contributed by atoms with van der Waals surface area (Å²) in [5, 5.41) is 7.06. The number of fused-ring (bicyclic) bond motifs is 9. The highest BCUT2D eigenvalue weighted by Crippen LogP contribution is 2.43. The van der Waals surface area contributed by atoms with Gasteiger partial charge in [0.2, 0.25) is 0 Å². The first-order valence-electron chi connectivity index (χ1n) is 19.0. The van der Waals surface area contributed by atoms with Crippen LogP contribution in [-0.4, -0.2) is 19.5 Å². The summed E-state index contributed by atoms with van der Waals surface area (Å²) in [5.74, 6) is 1.85. The molecule has 12 aromatic rings. The summed E-state index contributed by atoms with van der Waals surface area (Å²) in [6, 6.07) is 63.9. The van der Waals surface area contributed by atoms with Crippen LogP contribution in [0.25, 0.3) is 115 Å². The van der Waals surface area contributed by atoms with Crippen molar-refractivity contribution in [1.82, 2.24) is 19.5 Å². The van der Waals surface area contributed by atoms with Crippen LogP contribution >= 0.6 is 11.3 Å². The monoisotopic (exact) mass is 746 g/mol. The fourth-order valence-electron chi connectivity index (χ4n) is 8.37. The van der Waals surface area contributed by atoms with Crippen LogP contribution in [0.2, 0.25) is 0 Å². The van der Waals surface area contributed by atoms with Crippen LogP contribution in [0, 0.1) is 0 Å². The largest absolute Gasteiger partial charge is 0.456 e. The first-order valence-corrected chi connectivity index (χ1v) is 19.8. The van der Waals surface area contributed by atoms with Gasteiger partial charge in [0.15, 0.2) is 17.5 Å². The number of para-hydroxylation sites is 3. The Morgan fingerprint density at radius 1 is 0.386 bits per heavy atom. The van der Waals surface area contributed by atoms with E-state index in [0.717, 1.165) is 44.3 Å². The van der Waals surface area contributed by atoms with E-state index in [1.807, 2.05) is 65.9 Å². The minimum absolute atomic E-state index is 0.599. The second kappa shape index (κ2) is 12.6. The lowest BCUT2D eigenvalue weighted by Gasteiger charge is -2.09. The molecule has 5 nitrogen and oxygen atoms in total. The Kier molecular flexibility index (Phi) is 7.03. The Balaban J connectivity index is 1.01. The average Bonchev–Trinajstić information content (AvgIpc) is 3.95. The minimum Gasteiger partial charge on any atom is -0.456 e. The first kappa shape index (κ1) is 31.9. The van der Waals surface area contributed by atoms with Crippen molar-refractivity contribution in [1.29, 1.82) is 0 Å². The lowest BCUT2D eigenvalue weighted by Crippen LogP contribution is -2.00. The van der Waals surface area contributed by atoms with Crippen LogP contribution in [-0.2, 0) is 0 Å². The van der Waals surface area contributed by atoms with Crippen molar-refractivity contribution in [2.45, 2.75) is 0 Å². The van der Waals surface area contributed by atoms with Gasteiger partial charge in [-0.3, -0.25) is 0 Å². The van der Waals surface area contributed by atoms with E-state index in [9.17, 15) is 0 Å². The summed E-state index contributed by atoms with van der Waals surface area (Å²) in [7, 11) is 0. The Bertz CT molecular complexity index is 3530. The van der Waals surface area contributed by atoms with Gasteiger partial charge in [-0.2, -0.15) is 0 Å². The third kappa shape index (κ3) is 5.12. The zero-order valence-corrected chi connectivity index (χ0v) is 31.2. The van der Waals surface area contributed by atoms with Crippen LogP contribution in [0.1, 0.15) is 0 Å². The van der Waals surface area contributed by atoms with Gasteiger partial charge >= 0.3 is 0 Å². The van der Waals surface area contributed by atoms with Crippen LogP contribution in [0.15, 0.2) is 186 Å². The molecular formula is C51H30N4OS. The molecule has 0 saturated heterocycles. The van der Waals surface area contributed by atoms with Gasteiger partial charge in [-0.05, 0) is 71.8 Å². The quantitative estimate of drug-likeness (QED) is 0.176. The molecule has 0 atom stereocenters. The Morgan fingerprint density at radius 2 is 1.00 bits per heavy atom. The van der Waals surface area contributed by atoms with Gasteiger partial charge < -0.3 is 8.98 Å². The van der Waals surface area contributed by atoms with Crippen molar-refractivity contribution >= 4 is 75.3 Å². The van der Waals surface area contributed by atoms with E-state index in [4.69, 9.17) is 19.4 Å². The minimum atomic E-state index is 0.599. The number of hydrogen-bond acceptors (Lipinski definition) is 5. The van der Waals surface area contributed by atoms with Gasteiger partial charge in [0, 0.05) is 64.1 Å². The summed E-state index contributed by atoms with van der Waals surface area (Å²) < 4.78 is 11.1. The standard InChI is InChI=1S/C51H30N4OS/c1-3-12-31(13-4-1)49-52-50(54-51(53-49)34-23-26-40-39-17-8-10-21-45(39)56-46(40)30-34)33-24-27-47-42(28-33)41-19-11-18-36(48(41)57-47)32-22-25-38-37-16-7-9-20-43(37)55(44(38)29-32)35-14-5-2-6-15-35/h1-30H. The molecule has 57 heavy (non-hydrogen) atoms. The van der Waals surface area contributed by atoms with E-state index < -0.39 is 0 Å². The second-order valence-corrected chi connectivity index (χ2v) is 15.4. The maximum Gasteiger partial charge on any atom is 0.164 e. The number of aromatic nitrogens is 4. The smallest absolute Gasteiger partial charge is 0.164 e. The molecule has 0 aliphatic carbocycles. The van der Waals surface area contributed by atoms with E-state index >= 15 is 0 Å². The van der Waals surface area contributed by atoms with Crippen molar-refractivity contribution < 1.29 is 4.42 Å². The van der Waals surface area contributed by atoms with Gasteiger partial charge in [-0.1, -0.05) is 121 Å². The first-order chi connectivity index (χ1) is 28.2. The van der Waals surface area contributed by atoms with E-state index in [1.54, 1.807) is 0 Å². The highest BCUT2D eigenvalue weighted by molar-refractivity contribution is 7.26.